The Bertz CT molecular complexity index is 908. The molecule has 4 aliphatic rings. The third-order valence-electron chi connectivity index (χ3n) is 8.82. The summed E-state index contributed by atoms with van der Waals surface area (Å²) in [6.07, 6.45) is 3.74. The Labute approximate surface area is 178 Å². The first-order valence-corrected chi connectivity index (χ1v) is 11.0. The van der Waals surface area contributed by atoms with E-state index in [4.69, 9.17) is 4.74 Å². The number of Topliss-reactive ketones (excluding diaryl/α,β-unsaturated/α-hetero) is 1. The molecule has 2 N–H and O–H groups in total. The lowest BCUT2D eigenvalue weighted by Crippen LogP contribution is -2.65. The number of aliphatic hydroxyl groups excluding tert-OH is 1. The lowest BCUT2D eigenvalue weighted by atomic mass is 9.59. The van der Waals surface area contributed by atoms with Gasteiger partial charge in [-0.25, -0.2) is 4.79 Å². The number of allylic oxidation sites excluding steroid dienone is 2. The molecule has 0 amide bonds. The van der Waals surface area contributed by atoms with Gasteiger partial charge in [-0.2, -0.15) is 0 Å². The Morgan fingerprint density at radius 2 is 1.90 bits per heavy atom. The molecule has 4 rings (SSSR count). The van der Waals surface area contributed by atoms with E-state index in [1.165, 1.54) is 0 Å². The normalized spacial score (nSPS) is 46.7. The minimum absolute atomic E-state index is 0.0490. The second-order valence-corrected chi connectivity index (χ2v) is 10.6. The topological polar surface area (TPSA) is 83.8 Å². The van der Waals surface area contributed by atoms with Crippen molar-refractivity contribution in [3.8, 4) is 0 Å². The van der Waals surface area contributed by atoms with E-state index < -0.39 is 29.2 Å². The van der Waals surface area contributed by atoms with Crippen molar-refractivity contribution in [1.29, 1.82) is 0 Å². The number of hydrogen-bond donors (Lipinski definition) is 2. The SMILES string of the molecule is C/C=C(/C)C(=O)O[C@H]1C(C)=C[C@@]23C(=O)[C@@H](C=C(C)[C@@H](O)[C@]12O)[C@H]1[C@@H](C[C@H]3C)C1(C)C. The maximum atomic E-state index is 14.1. The van der Waals surface area contributed by atoms with Crippen LogP contribution in [0.2, 0.25) is 0 Å². The van der Waals surface area contributed by atoms with Gasteiger partial charge in [0.15, 0.2) is 17.5 Å². The number of hydrogen-bond acceptors (Lipinski definition) is 5. The number of fused-ring (bicyclic) bond motifs is 3. The Balaban J connectivity index is 1.89. The van der Waals surface area contributed by atoms with E-state index in [0.29, 0.717) is 22.6 Å². The molecule has 4 aliphatic carbocycles. The largest absolute Gasteiger partial charge is 0.451 e. The number of carbonyl (C=O) groups excluding carboxylic acids is 2. The maximum absolute atomic E-state index is 14.1. The molecule has 0 aliphatic heterocycles. The molecule has 2 saturated carbocycles. The van der Waals surface area contributed by atoms with E-state index >= 15 is 0 Å². The molecule has 0 aromatic rings. The summed E-state index contributed by atoms with van der Waals surface area (Å²) in [6.45, 7) is 13.3. The smallest absolute Gasteiger partial charge is 0.334 e. The highest BCUT2D eigenvalue weighted by molar-refractivity contribution is 5.95. The molecule has 2 bridgehead atoms. The molecule has 2 fully saturated rings. The zero-order valence-electron chi connectivity index (χ0n) is 19.0. The van der Waals surface area contributed by atoms with Crippen LogP contribution in [0.4, 0.5) is 0 Å². The van der Waals surface area contributed by atoms with Crippen molar-refractivity contribution in [2.45, 2.75) is 72.7 Å². The van der Waals surface area contributed by atoms with Crippen LogP contribution in [-0.4, -0.2) is 39.8 Å². The van der Waals surface area contributed by atoms with Crippen LogP contribution in [-0.2, 0) is 14.3 Å². The van der Waals surface area contributed by atoms with Gasteiger partial charge in [0.05, 0.1) is 5.41 Å². The van der Waals surface area contributed by atoms with Crippen molar-refractivity contribution in [2.75, 3.05) is 0 Å². The molecule has 8 atom stereocenters. The summed E-state index contributed by atoms with van der Waals surface area (Å²) in [5, 5.41) is 23.6. The molecule has 5 nitrogen and oxygen atoms in total. The molecule has 30 heavy (non-hydrogen) atoms. The zero-order chi connectivity index (χ0) is 22.4. The van der Waals surface area contributed by atoms with Crippen LogP contribution >= 0.6 is 0 Å². The predicted octanol–water partition coefficient (Wildman–Crippen LogP) is 3.36. The van der Waals surface area contributed by atoms with Gasteiger partial charge in [0, 0.05) is 11.5 Å². The average molecular weight is 415 g/mol. The number of ketones is 1. The molecule has 0 heterocycles. The van der Waals surface area contributed by atoms with Crippen LogP contribution in [0.3, 0.4) is 0 Å². The Kier molecular flexibility index (Phi) is 4.58. The average Bonchev–Trinajstić information content (AvgIpc) is 3.17. The third-order valence-corrected chi connectivity index (χ3v) is 8.82. The molecule has 164 valence electrons. The van der Waals surface area contributed by atoms with Gasteiger partial charge in [0.1, 0.15) is 6.10 Å². The molecule has 0 aromatic heterocycles. The number of ether oxygens (including phenoxy) is 1. The standard InChI is InChI=1S/C25H34O5/c1-8-12(2)22(28)30-21-14(4)11-24-15(5)10-17-18(23(17,6)7)16(20(24)27)9-13(3)19(26)25(21,24)29/h8-9,11,15-19,21,26,29H,10H2,1-7H3/b12-8-/t15-,16+,17-,18+,19-,21+,24-,25+/m1/s1. The summed E-state index contributed by atoms with van der Waals surface area (Å²) in [6, 6.07) is 0. The second-order valence-electron chi connectivity index (χ2n) is 10.6. The predicted molar refractivity (Wildman–Crippen MR) is 113 cm³/mol. The first-order valence-electron chi connectivity index (χ1n) is 11.0. The van der Waals surface area contributed by atoms with Gasteiger partial charge < -0.3 is 14.9 Å². The van der Waals surface area contributed by atoms with E-state index in [2.05, 4.69) is 13.8 Å². The summed E-state index contributed by atoms with van der Waals surface area (Å²) in [7, 11) is 0. The number of esters is 1. The van der Waals surface area contributed by atoms with Crippen LogP contribution in [0.25, 0.3) is 0 Å². The van der Waals surface area contributed by atoms with Gasteiger partial charge >= 0.3 is 5.97 Å². The summed E-state index contributed by atoms with van der Waals surface area (Å²) in [5.41, 5.74) is -1.53. The van der Waals surface area contributed by atoms with Gasteiger partial charge in [-0.1, -0.05) is 39.0 Å². The first kappa shape index (κ1) is 21.5. The Morgan fingerprint density at radius 3 is 2.50 bits per heavy atom. The van der Waals surface area contributed by atoms with Crippen molar-refractivity contribution in [3.63, 3.8) is 0 Å². The lowest BCUT2D eigenvalue weighted by molar-refractivity contribution is -0.201. The van der Waals surface area contributed by atoms with Crippen molar-refractivity contribution in [2.24, 2.45) is 34.5 Å². The van der Waals surface area contributed by atoms with Crippen molar-refractivity contribution in [3.05, 3.63) is 34.9 Å². The molecule has 0 saturated heterocycles. The maximum Gasteiger partial charge on any atom is 0.334 e. The van der Waals surface area contributed by atoms with E-state index in [0.717, 1.165) is 6.42 Å². The molecule has 1 spiro atoms. The third kappa shape index (κ3) is 2.36. The van der Waals surface area contributed by atoms with Crippen molar-refractivity contribution >= 4 is 11.8 Å². The van der Waals surface area contributed by atoms with Crippen molar-refractivity contribution < 1.29 is 24.5 Å². The van der Waals surface area contributed by atoms with Gasteiger partial charge in [0.2, 0.25) is 0 Å². The van der Waals surface area contributed by atoms with Crippen LogP contribution in [0.5, 0.6) is 0 Å². The van der Waals surface area contributed by atoms with Gasteiger partial charge in [-0.05, 0) is 68.4 Å². The van der Waals surface area contributed by atoms with E-state index in [1.54, 1.807) is 33.8 Å². The fraction of sp³-hybridized carbons (Fsp3) is 0.680. The summed E-state index contributed by atoms with van der Waals surface area (Å²) < 4.78 is 5.76. The minimum Gasteiger partial charge on any atom is -0.451 e. The first-order chi connectivity index (χ1) is 13.9. The van der Waals surface area contributed by atoms with Crippen molar-refractivity contribution in [1.82, 2.24) is 0 Å². The summed E-state index contributed by atoms with van der Waals surface area (Å²) in [4.78, 5) is 26.7. The zero-order valence-corrected chi connectivity index (χ0v) is 19.0. The summed E-state index contributed by atoms with van der Waals surface area (Å²) in [5.74, 6) is -0.541. The van der Waals surface area contributed by atoms with E-state index in [9.17, 15) is 19.8 Å². The van der Waals surface area contributed by atoms with Crippen LogP contribution < -0.4 is 0 Å². The van der Waals surface area contributed by atoms with Crippen LogP contribution in [0.15, 0.2) is 34.9 Å². The molecular formula is C25H34O5. The van der Waals surface area contributed by atoms with Crippen LogP contribution in [0.1, 0.15) is 54.9 Å². The number of rotatable bonds is 2. The van der Waals surface area contributed by atoms with Crippen LogP contribution in [0, 0.1) is 34.5 Å². The minimum atomic E-state index is -1.92. The fourth-order valence-electron chi connectivity index (χ4n) is 6.89. The highest BCUT2D eigenvalue weighted by Gasteiger charge is 2.76. The van der Waals surface area contributed by atoms with E-state index in [1.807, 2.05) is 19.1 Å². The molecular weight excluding hydrogens is 380 g/mol. The summed E-state index contributed by atoms with van der Waals surface area (Å²) >= 11 is 0. The van der Waals surface area contributed by atoms with Gasteiger partial charge in [-0.3, -0.25) is 4.79 Å². The van der Waals surface area contributed by atoms with Gasteiger partial charge in [0.25, 0.3) is 0 Å². The Morgan fingerprint density at radius 1 is 1.27 bits per heavy atom. The lowest BCUT2D eigenvalue weighted by Gasteiger charge is -2.48. The number of aliphatic hydroxyl groups is 2. The second kappa shape index (κ2) is 6.39. The van der Waals surface area contributed by atoms with Gasteiger partial charge in [-0.15, -0.1) is 0 Å². The highest BCUT2D eigenvalue weighted by Crippen LogP contribution is 2.71. The molecule has 0 unspecified atom stereocenters. The highest BCUT2D eigenvalue weighted by atomic mass is 16.6. The quantitative estimate of drug-likeness (QED) is 0.411. The fourth-order valence-corrected chi connectivity index (χ4v) is 6.89. The molecule has 0 aromatic carbocycles. The molecule has 5 heteroatoms. The monoisotopic (exact) mass is 414 g/mol. The van der Waals surface area contributed by atoms with E-state index in [-0.39, 0.29) is 29.0 Å². The molecule has 0 radical (unpaired) electrons. The number of carbonyl (C=O) groups is 2. The Hall–Kier alpha value is -1.72.